The molecule has 0 aliphatic rings. The van der Waals surface area contributed by atoms with Crippen molar-refractivity contribution in [2.75, 3.05) is 25.3 Å². The maximum Gasteiger partial charge on any atom is 0.337 e. The zero-order chi connectivity index (χ0) is 20.5. The second kappa shape index (κ2) is 10.3. The molecule has 0 aromatic heterocycles. The number of benzene rings is 2. The van der Waals surface area contributed by atoms with Crippen molar-refractivity contribution in [2.45, 2.75) is 11.8 Å². The topological polar surface area (TPSA) is 81.7 Å². The molecule has 0 aliphatic carbocycles. The van der Waals surface area contributed by atoms with Gasteiger partial charge in [0, 0.05) is 16.7 Å². The predicted molar refractivity (Wildman–Crippen MR) is 109 cm³/mol. The van der Waals surface area contributed by atoms with E-state index in [9.17, 15) is 14.4 Å². The fraction of sp³-hybridized carbons (Fsp3) is 0.190. The van der Waals surface area contributed by atoms with Crippen LogP contribution in [0.3, 0.4) is 0 Å². The van der Waals surface area contributed by atoms with Crippen LogP contribution in [0.15, 0.2) is 53.4 Å². The molecule has 0 unspecified atom stereocenters. The Kier molecular flexibility index (Phi) is 7.83. The molecule has 0 aliphatic heterocycles. The van der Waals surface area contributed by atoms with Crippen LogP contribution in [0.1, 0.15) is 21.5 Å². The number of aryl methyl sites for hydroxylation is 1. The van der Waals surface area contributed by atoms with Gasteiger partial charge < -0.3 is 14.8 Å². The molecule has 6 nitrogen and oxygen atoms in total. The Morgan fingerprint density at radius 3 is 2.46 bits per heavy atom. The van der Waals surface area contributed by atoms with Crippen molar-refractivity contribution >= 4 is 41.4 Å². The van der Waals surface area contributed by atoms with Crippen LogP contribution in [-0.4, -0.2) is 37.8 Å². The minimum Gasteiger partial charge on any atom is -0.465 e. The van der Waals surface area contributed by atoms with Crippen LogP contribution in [-0.2, 0) is 19.1 Å². The number of anilines is 1. The number of ether oxygens (including phenoxy) is 2. The largest absolute Gasteiger partial charge is 0.465 e. The van der Waals surface area contributed by atoms with Gasteiger partial charge in [0.25, 0.3) is 5.91 Å². The molecule has 0 heterocycles. The molecule has 1 N–H and O–H groups in total. The number of rotatable bonds is 7. The van der Waals surface area contributed by atoms with Gasteiger partial charge >= 0.3 is 11.9 Å². The maximum atomic E-state index is 12.0. The number of hydrogen-bond donors (Lipinski definition) is 1. The molecule has 1 amide bonds. The minimum atomic E-state index is -0.621. The number of carbonyl (C=O) groups is 3. The van der Waals surface area contributed by atoms with Gasteiger partial charge in [-0.2, -0.15) is 0 Å². The molecule has 2 aromatic rings. The highest BCUT2D eigenvalue weighted by Gasteiger charge is 2.11. The van der Waals surface area contributed by atoms with Crippen LogP contribution in [0.2, 0.25) is 0 Å². The van der Waals surface area contributed by atoms with Crippen LogP contribution in [0.4, 0.5) is 5.69 Å². The predicted octanol–water partition coefficient (Wildman–Crippen LogP) is 3.70. The van der Waals surface area contributed by atoms with E-state index in [1.165, 1.54) is 19.3 Å². The summed E-state index contributed by atoms with van der Waals surface area (Å²) in [4.78, 5) is 36.5. The van der Waals surface area contributed by atoms with Crippen LogP contribution < -0.4 is 5.32 Å². The lowest BCUT2D eigenvalue weighted by Gasteiger charge is -2.10. The fourth-order valence-electron chi connectivity index (χ4n) is 2.25. The Morgan fingerprint density at radius 2 is 1.82 bits per heavy atom. The fourth-order valence-corrected chi connectivity index (χ4v) is 2.66. The van der Waals surface area contributed by atoms with Crippen molar-refractivity contribution in [3.05, 3.63) is 65.2 Å². The summed E-state index contributed by atoms with van der Waals surface area (Å²) in [6, 6.07) is 12.5. The van der Waals surface area contributed by atoms with Crippen molar-refractivity contribution in [3.8, 4) is 0 Å². The summed E-state index contributed by atoms with van der Waals surface area (Å²) >= 11 is 1.63. The van der Waals surface area contributed by atoms with E-state index in [4.69, 9.17) is 4.74 Å². The normalized spacial score (nSPS) is 10.5. The number of carbonyl (C=O) groups excluding carboxylic acids is 3. The molecule has 0 spiro atoms. The number of nitrogens with one attached hydrogen (secondary N) is 1. The van der Waals surface area contributed by atoms with E-state index in [0.717, 1.165) is 16.0 Å². The van der Waals surface area contributed by atoms with E-state index in [1.807, 2.05) is 30.5 Å². The van der Waals surface area contributed by atoms with Crippen molar-refractivity contribution in [1.82, 2.24) is 0 Å². The third-order valence-corrected chi connectivity index (χ3v) is 4.55. The standard InChI is InChI=1S/C21H21NO5S/c1-14-4-8-16(21(25)26-2)12-18(14)22-19(23)13-27-20(24)11-7-15-5-9-17(28-3)10-6-15/h4-12H,13H2,1-3H3,(H,22,23)/b11-7+. The molecule has 0 saturated heterocycles. The van der Waals surface area contributed by atoms with Crippen molar-refractivity contribution in [1.29, 1.82) is 0 Å². The van der Waals surface area contributed by atoms with Crippen LogP contribution in [0.25, 0.3) is 6.08 Å². The molecule has 0 saturated carbocycles. The molecule has 2 aromatic carbocycles. The summed E-state index contributed by atoms with van der Waals surface area (Å²) in [6.07, 6.45) is 4.87. The summed E-state index contributed by atoms with van der Waals surface area (Å²) in [7, 11) is 1.28. The number of esters is 2. The first-order valence-electron chi connectivity index (χ1n) is 8.40. The Morgan fingerprint density at radius 1 is 1.11 bits per heavy atom. The van der Waals surface area contributed by atoms with E-state index < -0.39 is 24.5 Å². The van der Waals surface area contributed by atoms with Gasteiger partial charge in [-0.25, -0.2) is 9.59 Å². The van der Waals surface area contributed by atoms with Gasteiger partial charge in [0.05, 0.1) is 12.7 Å². The maximum absolute atomic E-state index is 12.0. The monoisotopic (exact) mass is 399 g/mol. The van der Waals surface area contributed by atoms with Crippen molar-refractivity contribution < 1.29 is 23.9 Å². The summed E-state index contributed by atoms with van der Waals surface area (Å²) in [5, 5.41) is 2.62. The Hall–Kier alpha value is -3.06. The molecule has 0 fully saturated rings. The molecule has 7 heteroatoms. The van der Waals surface area contributed by atoms with E-state index in [0.29, 0.717) is 11.3 Å². The highest BCUT2D eigenvalue weighted by molar-refractivity contribution is 7.98. The minimum absolute atomic E-state index is 0.316. The van der Waals surface area contributed by atoms with Gasteiger partial charge in [-0.05, 0) is 54.6 Å². The lowest BCUT2D eigenvalue weighted by Crippen LogP contribution is -2.21. The lowest BCUT2D eigenvalue weighted by atomic mass is 10.1. The molecule has 0 bridgehead atoms. The van der Waals surface area contributed by atoms with Crippen LogP contribution in [0, 0.1) is 6.92 Å². The molecule has 28 heavy (non-hydrogen) atoms. The number of hydrogen-bond acceptors (Lipinski definition) is 6. The van der Waals surface area contributed by atoms with E-state index in [1.54, 1.807) is 36.9 Å². The van der Waals surface area contributed by atoms with Crippen molar-refractivity contribution in [2.24, 2.45) is 0 Å². The summed E-state index contributed by atoms with van der Waals surface area (Å²) in [5.41, 5.74) is 2.39. The smallest absolute Gasteiger partial charge is 0.337 e. The lowest BCUT2D eigenvalue weighted by molar-refractivity contribution is -0.142. The summed E-state index contributed by atoms with van der Waals surface area (Å²) < 4.78 is 9.61. The highest BCUT2D eigenvalue weighted by atomic mass is 32.2. The van der Waals surface area contributed by atoms with Crippen molar-refractivity contribution in [3.63, 3.8) is 0 Å². The Bertz CT molecular complexity index is 890. The second-order valence-corrected chi connectivity index (χ2v) is 6.66. The van der Waals surface area contributed by atoms with Gasteiger partial charge in [0.2, 0.25) is 0 Å². The number of methoxy groups -OCH3 is 1. The zero-order valence-corrected chi connectivity index (χ0v) is 16.7. The van der Waals surface area contributed by atoms with Gasteiger partial charge in [-0.3, -0.25) is 4.79 Å². The van der Waals surface area contributed by atoms with E-state index in [2.05, 4.69) is 10.1 Å². The quantitative estimate of drug-likeness (QED) is 0.434. The summed E-state index contributed by atoms with van der Waals surface area (Å²) in [5.74, 6) is -1.63. The first-order valence-corrected chi connectivity index (χ1v) is 9.63. The molecule has 2 rings (SSSR count). The summed E-state index contributed by atoms with van der Waals surface area (Å²) in [6.45, 7) is 1.35. The van der Waals surface area contributed by atoms with E-state index >= 15 is 0 Å². The molecular formula is C21H21NO5S. The Labute approximate surface area is 167 Å². The van der Waals surface area contributed by atoms with Crippen LogP contribution in [0.5, 0.6) is 0 Å². The van der Waals surface area contributed by atoms with Gasteiger partial charge in [0.15, 0.2) is 6.61 Å². The molecule has 0 atom stereocenters. The van der Waals surface area contributed by atoms with Gasteiger partial charge in [-0.15, -0.1) is 11.8 Å². The average molecular weight is 399 g/mol. The van der Waals surface area contributed by atoms with Gasteiger partial charge in [0.1, 0.15) is 0 Å². The first kappa shape index (κ1) is 21.2. The zero-order valence-electron chi connectivity index (χ0n) is 15.9. The average Bonchev–Trinajstić information content (AvgIpc) is 2.72. The Balaban J connectivity index is 1.88. The van der Waals surface area contributed by atoms with Crippen LogP contribution >= 0.6 is 11.8 Å². The number of thioether (sulfide) groups is 1. The van der Waals surface area contributed by atoms with E-state index in [-0.39, 0.29) is 0 Å². The molecule has 146 valence electrons. The third-order valence-electron chi connectivity index (χ3n) is 3.81. The number of amides is 1. The highest BCUT2D eigenvalue weighted by Crippen LogP contribution is 2.18. The third kappa shape index (κ3) is 6.28. The first-order chi connectivity index (χ1) is 13.4. The second-order valence-electron chi connectivity index (χ2n) is 5.78. The molecular weight excluding hydrogens is 378 g/mol. The van der Waals surface area contributed by atoms with Gasteiger partial charge in [-0.1, -0.05) is 18.2 Å². The SMILES string of the molecule is COC(=O)c1ccc(C)c(NC(=O)COC(=O)/C=C/c2ccc(SC)cc2)c1. The molecule has 0 radical (unpaired) electrons.